The van der Waals surface area contributed by atoms with E-state index in [-0.39, 0.29) is 40.6 Å². The molecule has 1 fully saturated rings. The number of nitrogens with zero attached hydrogens (tertiary/aromatic N) is 4. The Morgan fingerprint density at radius 1 is 1.12 bits per heavy atom. The fraction of sp³-hybridized carbons (Fsp3) is 0.250. The van der Waals surface area contributed by atoms with Crippen molar-refractivity contribution in [3.63, 3.8) is 0 Å². The highest BCUT2D eigenvalue weighted by atomic mass is 16.6. The third kappa shape index (κ3) is 4.42. The number of nitrogens with one attached hydrogen (secondary N) is 1. The van der Waals surface area contributed by atoms with E-state index in [4.69, 9.17) is 4.74 Å². The van der Waals surface area contributed by atoms with Crippen LogP contribution in [0.15, 0.2) is 59.1 Å². The minimum absolute atomic E-state index is 0.117. The Balaban J connectivity index is 1.67. The third-order valence-corrected chi connectivity index (χ3v) is 5.50. The molecule has 10 nitrogen and oxygen atoms in total. The molecule has 0 saturated carbocycles. The summed E-state index contributed by atoms with van der Waals surface area (Å²) in [7, 11) is 0. The van der Waals surface area contributed by atoms with Gasteiger partial charge in [-0.15, -0.1) is 0 Å². The molecule has 0 aromatic heterocycles. The Morgan fingerprint density at radius 2 is 1.74 bits per heavy atom. The summed E-state index contributed by atoms with van der Waals surface area (Å²) in [6.45, 7) is 4.45. The zero-order valence-corrected chi connectivity index (χ0v) is 18.5. The lowest BCUT2D eigenvalue weighted by Crippen LogP contribution is -2.48. The molecule has 2 amide bonds. The number of fused-ring (bicyclic) bond motifs is 1. The van der Waals surface area contributed by atoms with E-state index in [9.17, 15) is 25.0 Å². The number of non-ortho nitro benzene ring substituents is 1. The summed E-state index contributed by atoms with van der Waals surface area (Å²) in [5, 5.41) is 23.4. The number of hydrogen-bond donors (Lipinski definition) is 1. The van der Waals surface area contributed by atoms with E-state index >= 15 is 0 Å². The van der Waals surface area contributed by atoms with E-state index in [2.05, 4.69) is 10.3 Å². The highest BCUT2D eigenvalue weighted by molar-refractivity contribution is 6.20. The largest absolute Gasteiger partial charge is 0.372 e. The van der Waals surface area contributed by atoms with E-state index in [0.717, 1.165) is 0 Å². The van der Waals surface area contributed by atoms with E-state index < -0.39 is 16.7 Å². The quantitative estimate of drug-likeness (QED) is 0.324. The molecule has 4 rings (SSSR count). The first-order chi connectivity index (χ1) is 16.3. The minimum atomic E-state index is -0.549. The first-order valence-electron chi connectivity index (χ1n) is 10.6. The average Bonchev–Trinajstić information content (AvgIpc) is 3.17. The molecule has 0 radical (unpaired) electrons. The van der Waals surface area contributed by atoms with E-state index in [1.165, 1.54) is 24.3 Å². The molecule has 2 aromatic rings. The zero-order valence-electron chi connectivity index (χ0n) is 18.5. The number of amides is 2. The van der Waals surface area contributed by atoms with Crippen LogP contribution in [0.1, 0.15) is 35.3 Å². The van der Waals surface area contributed by atoms with Crippen molar-refractivity contribution >= 4 is 29.0 Å². The Bertz CT molecular complexity index is 1270. The van der Waals surface area contributed by atoms with Gasteiger partial charge in [0, 0.05) is 41.9 Å². The van der Waals surface area contributed by atoms with Crippen molar-refractivity contribution < 1.29 is 19.2 Å². The summed E-state index contributed by atoms with van der Waals surface area (Å²) >= 11 is 0. The smallest absolute Gasteiger partial charge is 0.269 e. The second-order valence-electron chi connectivity index (χ2n) is 8.07. The van der Waals surface area contributed by atoms with Gasteiger partial charge in [0.25, 0.3) is 17.5 Å². The molecular weight excluding hydrogens is 438 g/mol. The van der Waals surface area contributed by atoms with Gasteiger partial charge in [-0.05, 0) is 26.0 Å². The van der Waals surface area contributed by atoms with Crippen LogP contribution in [-0.4, -0.2) is 52.8 Å². The summed E-state index contributed by atoms with van der Waals surface area (Å²) in [4.78, 5) is 42.3. The number of hydrogen-bond acceptors (Lipinski definition) is 7. The molecule has 2 atom stereocenters. The van der Waals surface area contributed by atoms with Gasteiger partial charge in [0.2, 0.25) is 0 Å². The number of nitro groups is 1. The minimum Gasteiger partial charge on any atom is -0.372 e. The number of nitro benzene ring substituents is 1. The predicted molar refractivity (Wildman–Crippen MR) is 123 cm³/mol. The summed E-state index contributed by atoms with van der Waals surface area (Å²) in [5.41, 5.74) is 1.27. The van der Waals surface area contributed by atoms with Gasteiger partial charge in [-0.3, -0.25) is 19.7 Å². The first-order valence-corrected chi connectivity index (χ1v) is 10.6. The van der Waals surface area contributed by atoms with Crippen molar-refractivity contribution in [3.05, 3.63) is 80.9 Å². The van der Waals surface area contributed by atoms with E-state index in [1.54, 1.807) is 29.2 Å². The number of amidine groups is 1. The second-order valence-corrected chi connectivity index (χ2v) is 8.07. The number of carbonyl (C=O) groups excluding carboxylic acids is 2. The molecule has 34 heavy (non-hydrogen) atoms. The molecule has 1 saturated heterocycles. The van der Waals surface area contributed by atoms with Crippen molar-refractivity contribution in [1.29, 1.82) is 5.26 Å². The lowest BCUT2D eigenvalue weighted by Gasteiger charge is -2.35. The van der Waals surface area contributed by atoms with Crippen LogP contribution in [0, 0.1) is 21.4 Å². The highest BCUT2D eigenvalue weighted by Gasteiger charge is 2.32. The van der Waals surface area contributed by atoms with Crippen LogP contribution in [0.4, 0.5) is 5.69 Å². The van der Waals surface area contributed by atoms with Crippen LogP contribution in [0.3, 0.4) is 0 Å². The SMILES string of the molecule is C[C@@H]1CN(C(=O)/C(C#N)=C2\N=C(NC(=O)c3ccc([N+](=O)[O-])cc3)c3ccccc32)C[C@H](C)O1. The van der Waals surface area contributed by atoms with Crippen LogP contribution in [0.5, 0.6) is 0 Å². The number of rotatable bonds is 3. The van der Waals surface area contributed by atoms with Crippen LogP contribution in [-0.2, 0) is 9.53 Å². The van der Waals surface area contributed by atoms with Gasteiger partial charge >= 0.3 is 0 Å². The Kier molecular flexibility index (Phi) is 6.21. The number of carbonyl (C=O) groups is 2. The molecule has 1 N–H and O–H groups in total. The standard InChI is InChI=1S/C24H21N5O5/c1-14-12-28(13-15(2)34-14)24(31)20(11-25)21-18-5-3-4-6-19(18)22(26-21)27-23(30)16-7-9-17(10-8-16)29(32)33/h3-10,14-15H,12-13H2,1-2H3,(H,26,27,30)/b21-20-/t14-,15+. The fourth-order valence-electron chi connectivity index (χ4n) is 4.03. The normalized spacial score (nSPS) is 20.6. The van der Waals surface area contributed by atoms with E-state index in [1.807, 2.05) is 19.9 Å². The van der Waals surface area contributed by atoms with Gasteiger partial charge in [-0.2, -0.15) is 5.26 Å². The van der Waals surface area contributed by atoms with Gasteiger partial charge in [-0.1, -0.05) is 24.3 Å². The highest BCUT2D eigenvalue weighted by Crippen LogP contribution is 2.31. The molecule has 2 heterocycles. The van der Waals surface area contributed by atoms with Gasteiger partial charge in [0.05, 0.1) is 22.8 Å². The van der Waals surface area contributed by atoms with E-state index in [0.29, 0.717) is 24.2 Å². The van der Waals surface area contributed by atoms with Gasteiger partial charge in [0.1, 0.15) is 17.5 Å². The monoisotopic (exact) mass is 459 g/mol. The molecule has 0 aliphatic carbocycles. The number of benzene rings is 2. The topological polar surface area (TPSA) is 138 Å². The summed E-state index contributed by atoms with van der Waals surface area (Å²) in [5.74, 6) is -0.774. The predicted octanol–water partition coefficient (Wildman–Crippen LogP) is 2.66. The maximum atomic E-state index is 13.2. The number of morpholine rings is 1. The van der Waals surface area contributed by atoms with Crippen molar-refractivity contribution in [2.75, 3.05) is 13.1 Å². The van der Waals surface area contributed by atoms with Crippen molar-refractivity contribution in [3.8, 4) is 6.07 Å². The molecule has 0 spiro atoms. The van der Waals surface area contributed by atoms with Crippen molar-refractivity contribution in [2.24, 2.45) is 4.99 Å². The van der Waals surface area contributed by atoms with Crippen LogP contribution in [0.2, 0.25) is 0 Å². The maximum absolute atomic E-state index is 13.2. The van der Waals surface area contributed by atoms with Crippen molar-refractivity contribution in [2.45, 2.75) is 26.1 Å². The maximum Gasteiger partial charge on any atom is 0.269 e. The molecule has 2 aromatic carbocycles. The first kappa shape index (κ1) is 22.8. The van der Waals surface area contributed by atoms with Crippen LogP contribution >= 0.6 is 0 Å². The molecule has 2 aliphatic heterocycles. The second kappa shape index (κ2) is 9.25. The molecule has 10 heteroatoms. The molecule has 0 bridgehead atoms. The van der Waals surface area contributed by atoms with Gasteiger partial charge in [-0.25, -0.2) is 4.99 Å². The summed E-state index contributed by atoms with van der Waals surface area (Å²) in [6.07, 6.45) is -0.317. The zero-order chi connectivity index (χ0) is 24.4. The van der Waals surface area contributed by atoms with Crippen molar-refractivity contribution in [1.82, 2.24) is 10.2 Å². The van der Waals surface area contributed by atoms with Crippen LogP contribution in [0.25, 0.3) is 5.70 Å². The number of aliphatic imine (C=N–C) groups is 1. The Labute approximate surface area is 195 Å². The Morgan fingerprint density at radius 3 is 2.32 bits per heavy atom. The Hall–Kier alpha value is -4.36. The molecular formula is C24H21N5O5. The number of nitriles is 1. The van der Waals surface area contributed by atoms with Gasteiger partial charge < -0.3 is 15.0 Å². The average molecular weight is 459 g/mol. The fourth-order valence-corrected chi connectivity index (χ4v) is 4.03. The summed E-state index contributed by atoms with van der Waals surface area (Å²) in [6, 6.07) is 14.1. The number of ether oxygens (including phenoxy) is 1. The lowest BCUT2D eigenvalue weighted by molar-refractivity contribution is -0.384. The van der Waals surface area contributed by atoms with Crippen LogP contribution < -0.4 is 5.32 Å². The summed E-state index contributed by atoms with van der Waals surface area (Å²) < 4.78 is 5.68. The third-order valence-electron chi connectivity index (χ3n) is 5.50. The molecule has 2 aliphatic rings. The lowest BCUT2D eigenvalue weighted by atomic mass is 10.0. The molecule has 172 valence electrons. The molecule has 0 unspecified atom stereocenters. The van der Waals surface area contributed by atoms with Gasteiger partial charge in [0.15, 0.2) is 0 Å².